The van der Waals surface area contributed by atoms with E-state index in [1.165, 1.54) is 5.56 Å². The molecule has 0 aliphatic heterocycles. The monoisotopic (exact) mass is 176 g/mol. The van der Waals surface area contributed by atoms with E-state index in [0.717, 1.165) is 23.8 Å². The lowest BCUT2D eigenvalue weighted by Gasteiger charge is -1.99. The molecule has 13 heavy (non-hydrogen) atoms. The summed E-state index contributed by atoms with van der Waals surface area (Å²) in [5.74, 6) is 0. The average Bonchev–Trinajstić information content (AvgIpc) is 2.62. The van der Waals surface area contributed by atoms with Crippen molar-refractivity contribution in [3.8, 4) is 0 Å². The largest absolute Gasteiger partial charge is 0.464 e. The third kappa shape index (κ3) is 1.58. The molecule has 0 unspecified atom stereocenters. The number of para-hydroxylation sites is 1. The minimum atomic E-state index is 0.233. The molecule has 0 saturated carbocycles. The number of aryl methyl sites for hydroxylation is 1. The Balaban J connectivity index is 2.37. The van der Waals surface area contributed by atoms with Gasteiger partial charge in [-0.25, -0.2) is 0 Å². The summed E-state index contributed by atoms with van der Waals surface area (Å²) < 4.78 is 5.36. The van der Waals surface area contributed by atoms with Gasteiger partial charge in [0.25, 0.3) is 0 Å². The topological polar surface area (TPSA) is 33.4 Å². The van der Waals surface area contributed by atoms with Gasteiger partial charge in [-0.15, -0.1) is 0 Å². The smallest absolute Gasteiger partial charge is 0.137 e. The molecule has 0 aliphatic carbocycles. The quantitative estimate of drug-likeness (QED) is 0.778. The summed E-state index contributed by atoms with van der Waals surface area (Å²) in [5.41, 5.74) is 2.13. The Morgan fingerprint density at radius 2 is 2.15 bits per heavy atom. The molecular formula is C11H12O2. The summed E-state index contributed by atoms with van der Waals surface area (Å²) in [6.07, 6.45) is 3.37. The SMILES string of the molecule is OCCCc1cccc2ccoc12. The van der Waals surface area contributed by atoms with E-state index in [1.54, 1.807) is 6.26 Å². The number of hydrogen-bond donors (Lipinski definition) is 1. The summed E-state index contributed by atoms with van der Waals surface area (Å²) >= 11 is 0. The Hall–Kier alpha value is -1.28. The Kier molecular flexibility index (Phi) is 2.32. The second-order valence-electron chi connectivity index (χ2n) is 3.08. The second kappa shape index (κ2) is 3.62. The van der Waals surface area contributed by atoms with Gasteiger partial charge in [0.2, 0.25) is 0 Å². The summed E-state index contributed by atoms with van der Waals surface area (Å²) in [7, 11) is 0. The van der Waals surface area contributed by atoms with Crippen molar-refractivity contribution in [3.63, 3.8) is 0 Å². The van der Waals surface area contributed by atoms with E-state index in [-0.39, 0.29) is 6.61 Å². The highest BCUT2D eigenvalue weighted by Gasteiger charge is 2.02. The first-order valence-corrected chi connectivity index (χ1v) is 4.48. The molecule has 0 spiro atoms. The fourth-order valence-corrected chi connectivity index (χ4v) is 1.52. The fourth-order valence-electron chi connectivity index (χ4n) is 1.52. The van der Waals surface area contributed by atoms with Crippen LogP contribution in [-0.2, 0) is 6.42 Å². The lowest BCUT2D eigenvalue weighted by atomic mass is 10.1. The third-order valence-corrected chi connectivity index (χ3v) is 2.16. The molecule has 0 saturated heterocycles. The van der Waals surface area contributed by atoms with Crippen molar-refractivity contribution in [2.75, 3.05) is 6.61 Å². The summed E-state index contributed by atoms with van der Waals surface area (Å²) in [4.78, 5) is 0. The maximum Gasteiger partial charge on any atom is 0.137 e. The molecule has 1 aromatic heterocycles. The van der Waals surface area contributed by atoms with Crippen LogP contribution in [-0.4, -0.2) is 11.7 Å². The zero-order chi connectivity index (χ0) is 9.10. The molecule has 2 rings (SSSR count). The Labute approximate surface area is 76.8 Å². The van der Waals surface area contributed by atoms with E-state index in [1.807, 2.05) is 24.3 Å². The Bertz CT molecular complexity index is 390. The van der Waals surface area contributed by atoms with Crippen molar-refractivity contribution in [3.05, 3.63) is 36.1 Å². The lowest BCUT2D eigenvalue weighted by molar-refractivity contribution is 0.288. The molecule has 0 aliphatic rings. The molecule has 1 heterocycles. The van der Waals surface area contributed by atoms with Crippen LogP contribution in [0.25, 0.3) is 11.0 Å². The standard InChI is InChI=1S/C11H12O2/c12-7-2-5-9-3-1-4-10-6-8-13-11(9)10/h1,3-4,6,8,12H,2,5,7H2. The highest BCUT2D eigenvalue weighted by molar-refractivity contribution is 5.80. The van der Waals surface area contributed by atoms with Gasteiger partial charge in [0, 0.05) is 12.0 Å². The van der Waals surface area contributed by atoms with Crippen molar-refractivity contribution >= 4 is 11.0 Å². The summed E-state index contributed by atoms with van der Waals surface area (Å²) in [5, 5.41) is 9.85. The van der Waals surface area contributed by atoms with E-state index in [0.29, 0.717) is 0 Å². The molecule has 0 atom stereocenters. The van der Waals surface area contributed by atoms with Crippen molar-refractivity contribution < 1.29 is 9.52 Å². The molecule has 0 amide bonds. The first-order valence-electron chi connectivity index (χ1n) is 4.48. The fraction of sp³-hybridized carbons (Fsp3) is 0.273. The van der Waals surface area contributed by atoms with Gasteiger partial charge in [-0.3, -0.25) is 0 Å². The first-order chi connectivity index (χ1) is 6.42. The predicted molar refractivity (Wildman–Crippen MR) is 51.6 cm³/mol. The Morgan fingerprint density at radius 1 is 1.23 bits per heavy atom. The summed E-state index contributed by atoms with van der Waals surface area (Å²) in [6.45, 7) is 0.233. The molecule has 0 bridgehead atoms. The van der Waals surface area contributed by atoms with E-state index < -0.39 is 0 Å². The van der Waals surface area contributed by atoms with Gasteiger partial charge < -0.3 is 9.52 Å². The molecule has 2 heteroatoms. The lowest BCUT2D eigenvalue weighted by Crippen LogP contribution is -1.89. The molecule has 0 fully saturated rings. The highest BCUT2D eigenvalue weighted by atomic mass is 16.3. The number of benzene rings is 1. The van der Waals surface area contributed by atoms with Crippen LogP contribution in [0.2, 0.25) is 0 Å². The average molecular weight is 176 g/mol. The van der Waals surface area contributed by atoms with Crippen LogP contribution in [0.1, 0.15) is 12.0 Å². The van der Waals surface area contributed by atoms with Gasteiger partial charge in [0.05, 0.1) is 6.26 Å². The number of aliphatic hydroxyl groups is 1. The van der Waals surface area contributed by atoms with Crippen LogP contribution in [0.4, 0.5) is 0 Å². The number of hydrogen-bond acceptors (Lipinski definition) is 2. The molecule has 68 valence electrons. The number of rotatable bonds is 3. The zero-order valence-corrected chi connectivity index (χ0v) is 7.36. The summed E-state index contributed by atoms with van der Waals surface area (Å²) in [6, 6.07) is 8.05. The molecular weight excluding hydrogens is 164 g/mol. The normalized spacial score (nSPS) is 10.8. The maximum atomic E-state index is 8.72. The van der Waals surface area contributed by atoms with Crippen molar-refractivity contribution in [1.29, 1.82) is 0 Å². The van der Waals surface area contributed by atoms with E-state index in [2.05, 4.69) is 0 Å². The zero-order valence-electron chi connectivity index (χ0n) is 7.36. The minimum Gasteiger partial charge on any atom is -0.464 e. The van der Waals surface area contributed by atoms with Crippen LogP contribution in [0.5, 0.6) is 0 Å². The molecule has 2 nitrogen and oxygen atoms in total. The second-order valence-corrected chi connectivity index (χ2v) is 3.08. The molecule has 2 aromatic rings. The van der Waals surface area contributed by atoms with E-state index in [4.69, 9.17) is 9.52 Å². The van der Waals surface area contributed by atoms with Crippen LogP contribution in [0.15, 0.2) is 34.9 Å². The first kappa shape index (κ1) is 8.32. The van der Waals surface area contributed by atoms with E-state index in [9.17, 15) is 0 Å². The number of fused-ring (bicyclic) bond motifs is 1. The van der Waals surface area contributed by atoms with Crippen molar-refractivity contribution in [2.24, 2.45) is 0 Å². The predicted octanol–water partition coefficient (Wildman–Crippen LogP) is 2.36. The highest BCUT2D eigenvalue weighted by Crippen LogP contribution is 2.20. The van der Waals surface area contributed by atoms with Crippen LogP contribution in [0, 0.1) is 0 Å². The van der Waals surface area contributed by atoms with Gasteiger partial charge >= 0.3 is 0 Å². The number of furan rings is 1. The molecule has 1 aromatic carbocycles. The van der Waals surface area contributed by atoms with Crippen LogP contribution < -0.4 is 0 Å². The molecule has 0 radical (unpaired) electrons. The van der Waals surface area contributed by atoms with Crippen LogP contribution in [0.3, 0.4) is 0 Å². The van der Waals surface area contributed by atoms with Gasteiger partial charge in [-0.2, -0.15) is 0 Å². The van der Waals surface area contributed by atoms with Gasteiger partial charge in [0.15, 0.2) is 0 Å². The Morgan fingerprint density at radius 3 is 3.00 bits per heavy atom. The van der Waals surface area contributed by atoms with Crippen molar-refractivity contribution in [1.82, 2.24) is 0 Å². The van der Waals surface area contributed by atoms with Gasteiger partial charge in [0.1, 0.15) is 5.58 Å². The third-order valence-electron chi connectivity index (χ3n) is 2.16. The number of aliphatic hydroxyl groups excluding tert-OH is 1. The van der Waals surface area contributed by atoms with Crippen molar-refractivity contribution in [2.45, 2.75) is 12.8 Å². The van der Waals surface area contributed by atoms with Gasteiger partial charge in [-0.05, 0) is 24.5 Å². The minimum absolute atomic E-state index is 0.233. The van der Waals surface area contributed by atoms with E-state index >= 15 is 0 Å². The molecule has 1 N–H and O–H groups in total. The maximum absolute atomic E-state index is 8.72. The van der Waals surface area contributed by atoms with Crippen LogP contribution >= 0.6 is 0 Å². The van der Waals surface area contributed by atoms with Gasteiger partial charge in [-0.1, -0.05) is 18.2 Å².